The highest BCUT2D eigenvalue weighted by atomic mass is 31.2. The minimum Gasteiger partial charge on any atom is -0.382 e. The Labute approximate surface area is 85.1 Å². The maximum Gasteiger partial charge on any atom is 0.242 e. The van der Waals surface area contributed by atoms with Crippen molar-refractivity contribution in [3.05, 3.63) is 0 Å². The summed E-state index contributed by atoms with van der Waals surface area (Å²) >= 11 is 0. The molecule has 0 aliphatic carbocycles. The van der Waals surface area contributed by atoms with Crippen LogP contribution < -0.4 is 0 Å². The van der Waals surface area contributed by atoms with Gasteiger partial charge in [-0.2, -0.15) is 0 Å². The van der Waals surface area contributed by atoms with Crippen LogP contribution in [-0.4, -0.2) is 25.3 Å². The van der Waals surface area contributed by atoms with E-state index in [2.05, 4.69) is 25.9 Å². The van der Waals surface area contributed by atoms with E-state index in [-0.39, 0.29) is 5.41 Å². The monoisotopic (exact) mass is 219 g/mol. The van der Waals surface area contributed by atoms with E-state index >= 15 is 0 Å². The average Bonchev–Trinajstić information content (AvgIpc) is 2.51. The minimum absolute atomic E-state index is 0.0253. The molecule has 82 valence electrons. The Kier molecular flexibility index (Phi) is 3.07. The summed E-state index contributed by atoms with van der Waals surface area (Å²) in [6, 6.07) is 0. The molecule has 0 aromatic rings. The fourth-order valence-electron chi connectivity index (χ4n) is 1.18. The molecule has 2 unspecified atom stereocenters. The topological polar surface area (TPSA) is 47.9 Å². The molecule has 4 nitrogen and oxygen atoms in total. The van der Waals surface area contributed by atoms with Gasteiger partial charge >= 0.3 is 0 Å². The maximum atomic E-state index is 11.8. The van der Waals surface area contributed by atoms with Crippen LogP contribution in [0, 0.1) is 5.41 Å². The summed E-state index contributed by atoms with van der Waals surface area (Å²) in [6.45, 7) is 7.76. The Balaban J connectivity index is 2.69. The van der Waals surface area contributed by atoms with Gasteiger partial charge in [0.1, 0.15) is 0 Å². The number of hydrogen-bond donors (Lipinski definition) is 0. The Morgan fingerprint density at radius 1 is 1.57 bits per heavy atom. The molecule has 0 spiro atoms. The van der Waals surface area contributed by atoms with Crippen LogP contribution in [0.4, 0.5) is 0 Å². The van der Waals surface area contributed by atoms with E-state index in [4.69, 9.17) is 9.36 Å². The molecule has 1 rings (SSSR count). The van der Waals surface area contributed by atoms with Crippen molar-refractivity contribution in [1.82, 2.24) is 0 Å². The average molecular weight is 219 g/mol. The number of oxime groups is 1. The first-order valence-electron chi connectivity index (χ1n) is 4.63. The fraction of sp³-hybridized carbons (Fsp3) is 0.889. The van der Waals surface area contributed by atoms with Crippen LogP contribution in [0.25, 0.3) is 0 Å². The normalized spacial score (nSPS) is 26.6. The van der Waals surface area contributed by atoms with Crippen molar-refractivity contribution in [1.29, 1.82) is 0 Å². The zero-order chi connectivity index (χ0) is 11.0. The molecule has 1 heterocycles. The summed E-state index contributed by atoms with van der Waals surface area (Å²) in [4.78, 5) is 5.15. The second-order valence-corrected chi connectivity index (χ2v) is 7.40. The van der Waals surface area contributed by atoms with Gasteiger partial charge < -0.3 is 9.36 Å². The lowest BCUT2D eigenvalue weighted by Crippen LogP contribution is -2.20. The van der Waals surface area contributed by atoms with Crippen molar-refractivity contribution in [2.45, 2.75) is 33.0 Å². The lowest BCUT2D eigenvalue weighted by molar-refractivity contribution is 0.127. The van der Waals surface area contributed by atoms with Gasteiger partial charge in [0.15, 0.2) is 0 Å². The minimum atomic E-state index is -2.66. The van der Waals surface area contributed by atoms with Gasteiger partial charge in [0.2, 0.25) is 13.2 Å². The van der Waals surface area contributed by atoms with Crippen LogP contribution in [-0.2, 0) is 13.9 Å². The van der Waals surface area contributed by atoms with E-state index in [0.717, 1.165) is 5.71 Å². The molecule has 5 heteroatoms. The summed E-state index contributed by atoms with van der Waals surface area (Å²) in [5.74, 6) is -0.401. The quantitative estimate of drug-likeness (QED) is 0.671. The number of nitrogens with zero attached hydrogens (tertiary/aromatic N) is 1. The Hall–Kier alpha value is -0.340. The summed E-state index contributed by atoms with van der Waals surface area (Å²) in [6.07, 6.45) is 0.602. The van der Waals surface area contributed by atoms with Gasteiger partial charge in [-0.05, 0) is 0 Å². The molecule has 0 saturated carbocycles. The van der Waals surface area contributed by atoms with Gasteiger partial charge in [0.25, 0.3) is 0 Å². The predicted molar refractivity (Wildman–Crippen MR) is 56.9 cm³/mol. The molecule has 1 aliphatic heterocycles. The van der Waals surface area contributed by atoms with Crippen LogP contribution in [0.1, 0.15) is 27.2 Å². The molecular weight excluding hydrogens is 201 g/mol. The predicted octanol–water partition coefficient (Wildman–Crippen LogP) is 2.69. The Morgan fingerprint density at radius 2 is 2.14 bits per heavy atom. The summed E-state index contributed by atoms with van der Waals surface area (Å²) < 4.78 is 16.8. The van der Waals surface area contributed by atoms with E-state index in [1.165, 1.54) is 7.11 Å². The lowest BCUT2D eigenvalue weighted by atomic mass is 9.89. The highest BCUT2D eigenvalue weighted by molar-refractivity contribution is 7.58. The summed E-state index contributed by atoms with van der Waals surface area (Å²) in [5.41, 5.74) is 0.921. The SMILES string of the molecule is COP(C)(=O)C1CC(C(C)(C)C)=NO1. The van der Waals surface area contributed by atoms with E-state index in [1.807, 2.05) is 0 Å². The van der Waals surface area contributed by atoms with Gasteiger partial charge in [-0.3, -0.25) is 4.57 Å². The van der Waals surface area contributed by atoms with Gasteiger partial charge in [0, 0.05) is 25.6 Å². The van der Waals surface area contributed by atoms with Crippen molar-refractivity contribution in [3.8, 4) is 0 Å². The third kappa shape index (κ3) is 2.37. The largest absolute Gasteiger partial charge is 0.382 e. The van der Waals surface area contributed by atoms with Crippen molar-refractivity contribution < 1.29 is 13.9 Å². The van der Waals surface area contributed by atoms with E-state index in [9.17, 15) is 4.57 Å². The summed E-state index contributed by atoms with van der Waals surface area (Å²) in [5, 5.41) is 3.97. The maximum absolute atomic E-state index is 11.8. The standard InChI is InChI=1S/C9H18NO3P/c1-9(2,3)7-6-8(13-10-7)14(5,11)12-4/h8H,6H2,1-5H3. The van der Waals surface area contributed by atoms with Crippen molar-refractivity contribution in [3.63, 3.8) is 0 Å². The van der Waals surface area contributed by atoms with Gasteiger partial charge in [-0.1, -0.05) is 25.9 Å². The second kappa shape index (κ2) is 3.67. The molecule has 14 heavy (non-hydrogen) atoms. The smallest absolute Gasteiger partial charge is 0.242 e. The molecule has 0 radical (unpaired) electrons. The Bertz CT molecular complexity index is 293. The molecule has 0 amide bonds. The molecule has 0 N–H and O–H groups in total. The zero-order valence-corrected chi connectivity index (χ0v) is 10.3. The Morgan fingerprint density at radius 3 is 2.50 bits per heavy atom. The molecule has 0 fully saturated rings. The van der Waals surface area contributed by atoms with Crippen molar-refractivity contribution in [2.24, 2.45) is 10.6 Å². The summed E-state index contributed by atoms with van der Waals surface area (Å²) in [7, 11) is -1.22. The number of rotatable bonds is 2. The van der Waals surface area contributed by atoms with Crippen LogP contribution in [0.2, 0.25) is 0 Å². The molecule has 0 aromatic carbocycles. The first-order valence-corrected chi connectivity index (χ1v) is 6.77. The van der Waals surface area contributed by atoms with Crippen LogP contribution >= 0.6 is 7.37 Å². The van der Waals surface area contributed by atoms with Crippen LogP contribution in [0.5, 0.6) is 0 Å². The lowest BCUT2D eigenvalue weighted by Gasteiger charge is -2.18. The van der Waals surface area contributed by atoms with E-state index < -0.39 is 13.2 Å². The van der Waals surface area contributed by atoms with Crippen LogP contribution in [0.15, 0.2) is 5.16 Å². The highest BCUT2D eigenvalue weighted by Crippen LogP contribution is 2.51. The first-order chi connectivity index (χ1) is 6.27. The third-order valence-electron chi connectivity index (χ3n) is 2.40. The fourth-order valence-corrected chi connectivity index (χ4v) is 2.13. The molecule has 1 aliphatic rings. The van der Waals surface area contributed by atoms with Crippen molar-refractivity contribution in [2.75, 3.05) is 13.8 Å². The van der Waals surface area contributed by atoms with Gasteiger partial charge in [-0.25, -0.2) is 0 Å². The second-order valence-electron chi connectivity index (χ2n) is 4.64. The molecule has 0 aromatic heterocycles. The molecule has 0 bridgehead atoms. The van der Waals surface area contributed by atoms with Gasteiger partial charge in [0.05, 0.1) is 5.71 Å². The molecule has 0 saturated heterocycles. The van der Waals surface area contributed by atoms with Crippen molar-refractivity contribution >= 4 is 13.1 Å². The van der Waals surface area contributed by atoms with Crippen LogP contribution in [0.3, 0.4) is 0 Å². The first kappa shape index (κ1) is 11.7. The number of hydrogen-bond acceptors (Lipinski definition) is 4. The highest BCUT2D eigenvalue weighted by Gasteiger charge is 2.38. The van der Waals surface area contributed by atoms with Gasteiger partial charge in [-0.15, -0.1) is 0 Å². The molecule has 2 atom stereocenters. The van der Waals surface area contributed by atoms with E-state index in [0.29, 0.717) is 6.42 Å². The third-order valence-corrected chi connectivity index (χ3v) is 4.45. The van der Waals surface area contributed by atoms with E-state index in [1.54, 1.807) is 6.66 Å². The zero-order valence-electron chi connectivity index (χ0n) is 9.40. The molecular formula is C9H18NO3P.